The zero-order valence-corrected chi connectivity index (χ0v) is 7.68. The summed E-state index contributed by atoms with van der Waals surface area (Å²) < 4.78 is 0. The van der Waals surface area contributed by atoms with Gasteiger partial charge in [-0.3, -0.25) is 4.79 Å². The van der Waals surface area contributed by atoms with Gasteiger partial charge in [-0.05, 0) is 25.9 Å². The molecule has 2 saturated heterocycles. The maximum absolute atomic E-state index is 11.2. The molecule has 0 aromatic rings. The van der Waals surface area contributed by atoms with Crippen LogP contribution in [0.1, 0.15) is 19.3 Å². The smallest absolute Gasteiger partial charge is 0.220 e. The SMILES string of the molecule is O=C1CC2(CCNCC2)C(O)CN1. The van der Waals surface area contributed by atoms with Crippen LogP contribution in [-0.2, 0) is 4.79 Å². The van der Waals surface area contributed by atoms with Crippen LogP contribution in [0.25, 0.3) is 0 Å². The van der Waals surface area contributed by atoms with Crippen LogP contribution in [0.5, 0.6) is 0 Å². The van der Waals surface area contributed by atoms with E-state index >= 15 is 0 Å². The summed E-state index contributed by atoms with van der Waals surface area (Å²) in [7, 11) is 0. The highest BCUT2D eigenvalue weighted by molar-refractivity contribution is 5.77. The minimum Gasteiger partial charge on any atom is -0.391 e. The Bertz CT molecular complexity index is 212. The third-order valence-electron chi connectivity index (χ3n) is 3.31. The molecule has 13 heavy (non-hydrogen) atoms. The van der Waals surface area contributed by atoms with E-state index in [0.29, 0.717) is 13.0 Å². The van der Waals surface area contributed by atoms with E-state index in [0.717, 1.165) is 25.9 Å². The topological polar surface area (TPSA) is 61.4 Å². The molecule has 74 valence electrons. The molecule has 0 bridgehead atoms. The maximum atomic E-state index is 11.2. The molecule has 0 aromatic carbocycles. The fourth-order valence-corrected chi connectivity index (χ4v) is 2.36. The van der Waals surface area contributed by atoms with E-state index in [1.165, 1.54) is 0 Å². The predicted molar refractivity (Wildman–Crippen MR) is 48.2 cm³/mol. The monoisotopic (exact) mass is 184 g/mol. The van der Waals surface area contributed by atoms with Crippen molar-refractivity contribution in [3.63, 3.8) is 0 Å². The van der Waals surface area contributed by atoms with Gasteiger partial charge in [-0.1, -0.05) is 0 Å². The molecule has 2 fully saturated rings. The number of rotatable bonds is 0. The summed E-state index contributed by atoms with van der Waals surface area (Å²) >= 11 is 0. The van der Waals surface area contributed by atoms with Crippen molar-refractivity contribution in [1.29, 1.82) is 0 Å². The van der Waals surface area contributed by atoms with Crippen molar-refractivity contribution >= 4 is 5.91 Å². The lowest BCUT2D eigenvalue weighted by molar-refractivity contribution is -0.133. The third-order valence-corrected chi connectivity index (χ3v) is 3.31. The van der Waals surface area contributed by atoms with Gasteiger partial charge >= 0.3 is 0 Å². The molecule has 0 aliphatic carbocycles. The average molecular weight is 184 g/mol. The zero-order valence-electron chi connectivity index (χ0n) is 7.68. The van der Waals surface area contributed by atoms with Crippen LogP contribution in [0.2, 0.25) is 0 Å². The van der Waals surface area contributed by atoms with Gasteiger partial charge in [0.15, 0.2) is 0 Å². The number of β-amino-alcohol motifs (C(OH)–C–C–N with tert-alkyl or cyclic N) is 1. The van der Waals surface area contributed by atoms with Crippen molar-refractivity contribution in [2.45, 2.75) is 25.4 Å². The van der Waals surface area contributed by atoms with E-state index in [9.17, 15) is 9.90 Å². The Balaban J connectivity index is 2.11. The first-order valence-corrected chi connectivity index (χ1v) is 4.88. The molecule has 0 radical (unpaired) electrons. The fraction of sp³-hybridized carbons (Fsp3) is 0.889. The standard InChI is InChI=1S/C9H16N2O2/c12-7-6-11-8(13)5-9(7)1-3-10-4-2-9/h7,10,12H,1-6H2,(H,11,13). The van der Waals surface area contributed by atoms with Crippen molar-refractivity contribution in [2.75, 3.05) is 19.6 Å². The Morgan fingerprint density at radius 1 is 1.38 bits per heavy atom. The summed E-state index contributed by atoms with van der Waals surface area (Å²) in [5.74, 6) is 0.0900. The number of carbonyl (C=O) groups is 1. The number of carbonyl (C=O) groups excluding carboxylic acids is 1. The Kier molecular flexibility index (Phi) is 2.26. The van der Waals surface area contributed by atoms with Gasteiger partial charge < -0.3 is 15.7 Å². The second kappa shape index (κ2) is 3.27. The Hall–Kier alpha value is -0.610. The van der Waals surface area contributed by atoms with E-state index in [2.05, 4.69) is 10.6 Å². The van der Waals surface area contributed by atoms with Crippen molar-refractivity contribution in [2.24, 2.45) is 5.41 Å². The van der Waals surface area contributed by atoms with Gasteiger partial charge in [0.25, 0.3) is 0 Å². The number of hydrogen-bond acceptors (Lipinski definition) is 3. The largest absolute Gasteiger partial charge is 0.391 e. The predicted octanol–water partition coefficient (Wildman–Crippen LogP) is -0.763. The van der Waals surface area contributed by atoms with Crippen LogP contribution in [-0.4, -0.2) is 36.8 Å². The average Bonchev–Trinajstić information content (AvgIpc) is 2.14. The molecular formula is C9H16N2O2. The van der Waals surface area contributed by atoms with Crippen molar-refractivity contribution in [3.05, 3.63) is 0 Å². The van der Waals surface area contributed by atoms with Crippen LogP contribution < -0.4 is 10.6 Å². The number of aliphatic hydroxyl groups is 1. The van der Waals surface area contributed by atoms with Gasteiger partial charge in [-0.2, -0.15) is 0 Å². The molecule has 2 rings (SSSR count). The highest BCUT2D eigenvalue weighted by Crippen LogP contribution is 2.38. The maximum Gasteiger partial charge on any atom is 0.220 e. The Morgan fingerprint density at radius 2 is 2.08 bits per heavy atom. The molecule has 0 saturated carbocycles. The molecule has 1 unspecified atom stereocenters. The van der Waals surface area contributed by atoms with Gasteiger partial charge in [0.1, 0.15) is 0 Å². The van der Waals surface area contributed by atoms with E-state index in [-0.39, 0.29) is 17.4 Å². The highest BCUT2D eigenvalue weighted by atomic mass is 16.3. The molecule has 0 aromatic heterocycles. The van der Waals surface area contributed by atoms with Crippen molar-refractivity contribution in [1.82, 2.24) is 10.6 Å². The lowest BCUT2D eigenvalue weighted by Crippen LogP contribution is -2.55. The van der Waals surface area contributed by atoms with Crippen molar-refractivity contribution < 1.29 is 9.90 Å². The van der Waals surface area contributed by atoms with Gasteiger partial charge in [0, 0.05) is 18.4 Å². The first kappa shape index (κ1) is 8.97. The first-order valence-electron chi connectivity index (χ1n) is 4.88. The van der Waals surface area contributed by atoms with Gasteiger partial charge in [-0.25, -0.2) is 0 Å². The summed E-state index contributed by atoms with van der Waals surface area (Å²) in [6.45, 7) is 2.27. The van der Waals surface area contributed by atoms with Gasteiger partial charge in [-0.15, -0.1) is 0 Å². The summed E-state index contributed by atoms with van der Waals surface area (Å²) in [5.41, 5.74) is -0.131. The van der Waals surface area contributed by atoms with E-state index < -0.39 is 0 Å². The third kappa shape index (κ3) is 1.56. The highest BCUT2D eigenvalue weighted by Gasteiger charge is 2.43. The zero-order chi connectivity index (χ0) is 9.31. The van der Waals surface area contributed by atoms with E-state index in [1.54, 1.807) is 0 Å². The van der Waals surface area contributed by atoms with Crippen LogP contribution in [0.15, 0.2) is 0 Å². The number of amides is 1. The molecule has 2 aliphatic heterocycles. The minimum absolute atomic E-state index is 0.0900. The summed E-state index contributed by atoms with van der Waals surface area (Å²) in [6.07, 6.45) is 1.98. The van der Waals surface area contributed by atoms with E-state index in [4.69, 9.17) is 0 Å². The number of nitrogens with one attached hydrogen (secondary N) is 2. The first-order chi connectivity index (χ1) is 6.23. The Morgan fingerprint density at radius 3 is 2.77 bits per heavy atom. The summed E-state index contributed by atoms with van der Waals surface area (Å²) in [5, 5.41) is 15.8. The van der Waals surface area contributed by atoms with Gasteiger partial charge in [0.05, 0.1) is 6.10 Å². The number of piperidine rings is 2. The Labute approximate surface area is 77.7 Å². The molecular weight excluding hydrogens is 168 g/mol. The lowest BCUT2D eigenvalue weighted by Gasteiger charge is -2.43. The van der Waals surface area contributed by atoms with Crippen LogP contribution >= 0.6 is 0 Å². The van der Waals surface area contributed by atoms with E-state index in [1.807, 2.05) is 0 Å². The van der Waals surface area contributed by atoms with Crippen LogP contribution in [0.4, 0.5) is 0 Å². The lowest BCUT2D eigenvalue weighted by atomic mass is 9.70. The van der Waals surface area contributed by atoms with Crippen molar-refractivity contribution in [3.8, 4) is 0 Å². The second-order valence-electron chi connectivity index (χ2n) is 4.11. The number of hydrogen-bond donors (Lipinski definition) is 3. The molecule has 1 spiro atoms. The molecule has 3 N–H and O–H groups in total. The van der Waals surface area contributed by atoms with Gasteiger partial charge in [0.2, 0.25) is 5.91 Å². The minimum atomic E-state index is -0.354. The molecule has 4 heteroatoms. The summed E-state index contributed by atoms with van der Waals surface area (Å²) in [4.78, 5) is 11.2. The van der Waals surface area contributed by atoms with Crippen LogP contribution in [0, 0.1) is 5.41 Å². The second-order valence-corrected chi connectivity index (χ2v) is 4.11. The normalized spacial score (nSPS) is 33.0. The van der Waals surface area contributed by atoms with Crippen LogP contribution in [0.3, 0.4) is 0 Å². The summed E-state index contributed by atoms with van der Waals surface area (Å²) in [6, 6.07) is 0. The molecule has 1 atom stereocenters. The molecule has 4 nitrogen and oxygen atoms in total. The molecule has 2 heterocycles. The number of aliphatic hydroxyl groups excluding tert-OH is 1. The molecule has 2 aliphatic rings. The molecule has 1 amide bonds. The quantitative estimate of drug-likeness (QED) is 0.463. The fourth-order valence-electron chi connectivity index (χ4n) is 2.36.